The summed E-state index contributed by atoms with van der Waals surface area (Å²) in [5.74, 6) is 12.7. The largest absolute Gasteiger partial charge is 0.135 e. The van der Waals surface area contributed by atoms with Crippen molar-refractivity contribution >= 4 is 22.7 Å². The van der Waals surface area contributed by atoms with Crippen LogP contribution in [0.5, 0.6) is 0 Å². The lowest BCUT2D eigenvalue weighted by atomic mass is 10.1. The first kappa shape index (κ1) is 20.8. The van der Waals surface area contributed by atoms with Gasteiger partial charge in [0.2, 0.25) is 0 Å². The van der Waals surface area contributed by atoms with Crippen LogP contribution >= 0.6 is 22.7 Å². The summed E-state index contributed by atoms with van der Waals surface area (Å²) < 4.78 is 0. The van der Waals surface area contributed by atoms with Crippen LogP contribution in [0.25, 0.3) is 0 Å². The van der Waals surface area contributed by atoms with Gasteiger partial charge in [0.25, 0.3) is 0 Å². The average molecular weight is 383 g/mol. The Morgan fingerprint density at radius 1 is 0.654 bits per heavy atom. The van der Waals surface area contributed by atoms with Gasteiger partial charge >= 0.3 is 0 Å². The second-order valence-corrected chi connectivity index (χ2v) is 8.50. The van der Waals surface area contributed by atoms with Crippen LogP contribution in [0.15, 0.2) is 22.9 Å². The van der Waals surface area contributed by atoms with Crippen molar-refractivity contribution in [3.05, 3.63) is 43.8 Å². The molecule has 0 aliphatic carbocycles. The van der Waals surface area contributed by atoms with E-state index in [2.05, 4.69) is 60.4 Å². The SMILES string of the molecule is CCCCCCc1ccsc1C#CC#Cc1sccc1CCCCCC. The molecule has 0 bridgehead atoms. The summed E-state index contributed by atoms with van der Waals surface area (Å²) in [7, 11) is 0. The fourth-order valence-electron chi connectivity index (χ4n) is 2.94. The predicted octanol–water partition coefficient (Wildman–Crippen LogP) is 7.46. The van der Waals surface area contributed by atoms with E-state index in [1.165, 1.54) is 72.2 Å². The predicted molar refractivity (Wildman–Crippen MR) is 118 cm³/mol. The third-order valence-corrected chi connectivity index (χ3v) is 6.25. The minimum atomic E-state index is 1.15. The molecule has 0 radical (unpaired) electrons. The summed E-state index contributed by atoms with van der Waals surface area (Å²) in [5.41, 5.74) is 2.79. The second-order valence-electron chi connectivity index (χ2n) is 6.67. The Morgan fingerprint density at radius 2 is 1.12 bits per heavy atom. The highest BCUT2D eigenvalue weighted by Gasteiger charge is 2.02. The van der Waals surface area contributed by atoms with E-state index in [-0.39, 0.29) is 0 Å². The molecule has 2 heterocycles. The van der Waals surface area contributed by atoms with Crippen LogP contribution in [0.1, 0.15) is 86.1 Å². The van der Waals surface area contributed by atoms with E-state index in [9.17, 15) is 0 Å². The molecule has 0 atom stereocenters. The number of thiophene rings is 2. The Balaban J connectivity index is 1.90. The maximum Gasteiger partial charge on any atom is 0.0810 e. The molecular weight excluding hydrogens is 352 g/mol. The summed E-state index contributed by atoms with van der Waals surface area (Å²) >= 11 is 3.48. The molecule has 138 valence electrons. The Kier molecular flexibility index (Phi) is 10.3. The van der Waals surface area contributed by atoms with Gasteiger partial charge in [-0.1, -0.05) is 52.4 Å². The number of hydrogen-bond donors (Lipinski definition) is 0. The Labute approximate surface area is 168 Å². The van der Waals surface area contributed by atoms with Crippen LogP contribution in [0, 0.1) is 23.7 Å². The molecule has 0 aliphatic rings. The molecule has 26 heavy (non-hydrogen) atoms. The van der Waals surface area contributed by atoms with Gasteiger partial charge in [-0.2, -0.15) is 0 Å². The molecule has 0 saturated heterocycles. The lowest BCUT2D eigenvalue weighted by Crippen LogP contribution is -1.86. The normalized spacial score (nSPS) is 10.1. The van der Waals surface area contributed by atoms with E-state index in [1.807, 2.05) is 0 Å². The molecule has 0 saturated carbocycles. The van der Waals surface area contributed by atoms with Crippen molar-refractivity contribution in [1.82, 2.24) is 0 Å². The molecule has 0 fully saturated rings. The number of hydrogen-bond acceptors (Lipinski definition) is 2. The molecule has 0 aromatic carbocycles. The quantitative estimate of drug-likeness (QED) is 0.295. The first-order valence-corrected chi connectivity index (χ1v) is 11.8. The molecule has 2 aromatic heterocycles. The van der Waals surface area contributed by atoms with Crippen LogP contribution in [-0.4, -0.2) is 0 Å². The van der Waals surface area contributed by atoms with E-state index in [0.717, 1.165) is 12.8 Å². The van der Waals surface area contributed by atoms with Gasteiger partial charge in [0, 0.05) is 0 Å². The zero-order valence-corrected chi connectivity index (χ0v) is 17.8. The van der Waals surface area contributed by atoms with Gasteiger partial charge in [-0.05, 0) is 83.4 Å². The molecule has 2 rings (SSSR count). The smallest absolute Gasteiger partial charge is 0.0810 e. The summed E-state index contributed by atoms with van der Waals surface area (Å²) in [6, 6.07) is 4.45. The van der Waals surface area contributed by atoms with Crippen molar-refractivity contribution in [3.8, 4) is 23.7 Å². The molecule has 0 unspecified atom stereocenters. The maximum absolute atomic E-state index is 3.28. The third-order valence-electron chi connectivity index (χ3n) is 4.51. The van der Waals surface area contributed by atoms with Crippen LogP contribution in [0.2, 0.25) is 0 Å². The maximum atomic E-state index is 3.28. The third kappa shape index (κ3) is 7.41. The van der Waals surface area contributed by atoms with E-state index >= 15 is 0 Å². The highest BCUT2D eigenvalue weighted by atomic mass is 32.1. The summed E-state index contributed by atoms with van der Waals surface area (Å²) in [6.07, 6.45) is 12.7. The summed E-state index contributed by atoms with van der Waals surface area (Å²) in [6.45, 7) is 4.51. The Hall–Kier alpha value is -1.48. The fourth-order valence-corrected chi connectivity index (χ4v) is 4.54. The van der Waals surface area contributed by atoms with Crippen LogP contribution < -0.4 is 0 Å². The Morgan fingerprint density at radius 3 is 1.54 bits per heavy atom. The molecule has 2 aromatic rings. The second kappa shape index (κ2) is 12.8. The molecular formula is C24H30S2. The highest BCUT2D eigenvalue weighted by molar-refractivity contribution is 7.11. The first-order chi connectivity index (χ1) is 12.8. The monoisotopic (exact) mass is 382 g/mol. The van der Waals surface area contributed by atoms with Gasteiger partial charge < -0.3 is 0 Å². The van der Waals surface area contributed by atoms with E-state index < -0.39 is 0 Å². The van der Waals surface area contributed by atoms with Crippen molar-refractivity contribution in [2.45, 2.75) is 78.1 Å². The summed E-state index contributed by atoms with van der Waals surface area (Å²) in [4.78, 5) is 2.39. The van der Waals surface area contributed by atoms with Crippen LogP contribution in [-0.2, 0) is 12.8 Å². The van der Waals surface area contributed by atoms with Crippen molar-refractivity contribution in [2.75, 3.05) is 0 Å². The first-order valence-electron chi connectivity index (χ1n) is 9.99. The van der Waals surface area contributed by atoms with Gasteiger partial charge in [0.05, 0.1) is 9.75 Å². The number of rotatable bonds is 10. The molecule has 0 spiro atoms. The average Bonchev–Trinajstić information content (AvgIpc) is 3.29. The molecule has 0 N–H and O–H groups in total. The standard InChI is InChI=1S/C24H30S2/c1-3-5-7-9-13-21-17-19-25-23(21)15-11-12-16-24-22(18-20-26-24)14-10-8-6-4-2/h17-20H,3-10,13-14H2,1-2H3. The van der Waals surface area contributed by atoms with E-state index in [1.54, 1.807) is 22.7 Å². The number of unbranched alkanes of at least 4 members (excludes halogenated alkanes) is 6. The summed E-state index contributed by atoms with van der Waals surface area (Å²) in [5, 5.41) is 4.31. The van der Waals surface area contributed by atoms with Gasteiger partial charge in [0.1, 0.15) is 0 Å². The Bertz CT molecular complexity index is 689. The van der Waals surface area contributed by atoms with Crippen LogP contribution in [0.4, 0.5) is 0 Å². The zero-order valence-electron chi connectivity index (χ0n) is 16.2. The van der Waals surface area contributed by atoms with Crippen molar-refractivity contribution < 1.29 is 0 Å². The zero-order chi connectivity index (χ0) is 18.5. The number of aryl methyl sites for hydroxylation is 2. The minimum Gasteiger partial charge on any atom is -0.135 e. The van der Waals surface area contributed by atoms with Gasteiger partial charge in [0.15, 0.2) is 0 Å². The van der Waals surface area contributed by atoms with Crippen LogP contribution in [0.3, 0.4) is 0 Å². The topological polar surface area (TPSA) is 0 Å². The molecule has 0 amide bonds. The molecule has 0 aliphatic heterocycles. The van der Waals surface area contributed by atoms with Gasteiger partial charge in [-0.15, -0.1) is 22.7 Å². The van der Waals surface area contributed by atoms with Gasteiger partial charge in [-0.25, -0.2) is 0 Å². The van der Waals surface area contributed by atoms with Crippen molar-refractivity contribution in [1.29, 1.82) is 0 Å². The van der Waals surface area contributed by atoms with E-state index in [0.29, 0.717) is 0 Å². The highest BCUT2D eigenvalue weighted by Crippen LogP contribution is 2.19. The molecule has 2 heteroatoms. The van der Waals surface area contributed by atoms with Crippen molar-refractivity contribution in [2.24, 2.45) is 0 Å². The molecule has 0 nitrogen and oxygen atoms in total. The minimum absolute atomic E-state index is 1.15. The fraction of sp³-hybridized carbons (Fsp3) is 0.500. The lowest BCUT2D eigenvalue weighted by Gasteiger charge is -1.99. The van der Waals surface area contributed by atoms with E-state index in [4.69, 9.17) is 0 Å². The lowest BCUT2D eigenvalue weighted by molar-refractivity contribution is 0.667. The van der Waals surface area contributed by atoms with Gasteiger partial charge in [-0.3, -0.25) is 0 Å². The van der Waals surface area contributed by atoms with Crippen molar-refractivity contribution in [3.63, 3.8) is 0 Å².